The van der Waals surface area contributed by atoms with Gasteiger partial charge in [-0.3, -0.25) is 4.79 Å². The minimum Gasteiger partial charge on any atom is -0.373 e. The number of piperidine rings is 1. The van der Waals surface area contributed by atoms with Gasteiger partial charge in [0.25, 0.3) is 0 Å². The minimum absolute atomic E-state index is 0.129. The van der Waals surface area contributed by atoms with Gasteiger partial charge in [-0.15, -0.1) is 0 Å². The van der Waals surface area contributed by atoms with Crippen molar-refractivity contribution in [2.24, 2.45) is 0 Å². The highest BCUT2D eigenvalue weighted by Gasteiger charge is 2.30. The lowest BCUT2D eigenvalue weighted by molar-refractivity contribution is -0.123. The van der Waals surface area contributed by atoms with Crippen molar-refractivity contribution in [1.82, 2.24) is 10.6 Å². The molecule has 2 fully saturated rings. The van der Waals surface area contributed by atoms with Gasteiger partial charge < -0.3 is 15.4 Å². The number of hydrogen-bond donors (Lipinski definition) is 2. The topological polar surface area (TPSA) is 50.4 Å². The number of carbonyl (C=O) groups excluding carboxylic acids is 1. The van der Waals surface area contributed by atoms with Gasteiger partial charge in [-0.25, -0.2) is 0 Å². The molecule has 2 aliphatic rings. The molecular weight excluding hydrogens is 216 g/mol. The van der Waals surface area contributed by atoms with E-state index in [-0.39, 0.29) is 11.5 Å². The summed E-state index contributed by atoms with van der Waals surface area (Å²) in [6.45, 7) is 4.62. The van der Waals surface area contributed by atoms with E-state index in [1.165, 1.54) is 12.8 Å². The maximum Gasteiger partial charge on any atom is 0.221 e. The van der Waals surface area contributed by atoms with Gasteiger partial charge in [0, 0.05) is 25.6 Å². The van der Waals surface area contributed by atoms with Crippen molar-refractivity contribution in [3.05, 3.63) is 0 Å². The molecule has 0 spiro atoms. The van der Waals surface area contributed by atoms with Crippen molar-refractivity contribution >= 4 is 5.91 Å². The van der Waals surface area contributed by atoms with E-state index in [1.807, 2.05) is 0 Å². The van der Waals surface area contributed by atoms with Crippen LogP contribution < -0.4 is 10.6 Å². The number of rotatable bonds is 4. The monoisotopic (exact) mass is 240 g/mol. The molecule has 4 heteroatoms. The lowest BCUT2D eigenvalue weighted by Crippen LogP contribution is -2.43. The van der Waals surface area contributed by atoms with Crippen LogP contribution in [0, 0.1) is 0 Å². The molecule has 0 radical (unpaired) electrons. The Labute approximate surface area is 103 Å². The van der Waals surface area contributed by atoms with Crippen molar-refractivity contribution in [1.29, 1.82) is 0 Å². The van der Waals surface area contributed by atoms with Crippen molar-refractivity contribution in [3.8, 4) is 0 Å². The van der Waals surface area contributed by atoms with Gasteiger partial charge in [-0.1, -0.05) is 6.42 Å². The number of nitrogens with one attached hydrogen (secondary N) is 2. The summed E-state index contributed by atoms with van der Waals surface area (Å²) in [6, 6.07) is 0.376. The quantitative estimate of drug-likeness (QED) is 0.776. The summed E-state index contributed by atoms with van der Waals surface area (Å²) in [5.41, 5.74) is -0.129. The summed E-state index contributed by atoms with van der Waals surface area (Å²) in [4.78, 5) is 11.8. The van der Waals surface area contributed by atoms with Crippen LogP contribution in [0.2, 0.25) is 0 Å². The first-order valence-electron chi connectivity index (χ1n) is 6.82. The summed E-state index contributed by atoms with van der Waals surface area (Å²) in [7, 11) is 0. The predicted octanol–water partition coefficient (Wildman–Crippen LogP) is 1.20. The van der Waals surface area contributed by atoms with Crippen LogP contribution in [0.4, 0.5) is 0 Å². The molecule has 2 rings (SSSR count). The first-order valence-corrected chi connectivity index (χ1v) is 6.82. The number of carbonyl (C=O) groups is 1. The zero-order valence-corrected chi connectivity index (χ0v) is 10.8. The van der Waals surface area contributed by atoms with Crippen LogP contribution in [0.1, 0.15) is 45.4 Å². The average molecular weight is 240 g/mol. The zero-order valence-electron chi connectivity index (χ0n) is 10.8. The van der Waals surface area contributed by atoms with Gasteiger partial charge in [-0.05, 0) is 39.2 Å². The smallest absolute Gasteiger partial charge is 0.221 e. The molecule has 17 heavy (non-hydrogen) atoms. The van der Waals surface area contributed by atoms with Crippen molar-refractivity contribution in [2.45, 2.75) is 57.1 Å². The molecule has 2 atom stereocenters. The molecule has 0 saturated carbocycles. The van der Waals surface area contributed by atoms with Gasteiger partial charge in [0.15, 0.2) is 0 Å². The van der Waals surface area contributed by atoms with E-state index in [0.29, 0.717) is 19.0 Å². The molecule has 2 heterocycles. The first-order chi connectivity index (χ1) is 8.18. The summed E-state index contributed by atoms with van der Waals surface area (Å²) in [5, 5.41) is 6.40. The second kappa shape index (κ2) is 5.83. The third-order valence-corrected chi connectivity index (χ3v) is 3.80. The lowest BCUT2D eigenvalue weighted by atomic mass is 10.0. The Kier molecular flexibility index (Phi) is 4.40. The molecule has 2 unspecified atom stereocenters. The fourth-order valence-electron chi connectivity index (χ4n) is 2.66. The Balaban J connectivity index is 1.66. The molecule has 0 aromatic heterocycles. The normalized spacial score (nSPS) is 33.6. The van der Waals surface area contributed by atoms with Crippen molar-refractivity contribution in [2.75, 3.05) is 19.7 Å². The molecule has 0 aromatic carbocycles. The minimum atomic E-state index is -0.129. The van der Waals surface area contributed by atoms with Gasteiger partial charge in [-0.2, -0.15) is 0 Å². The Morgan fingerprint density at radius 1 is 1.47 bits per heavy atom. The summed E-state index contributed by atoms with van der Waals surface area (Å²) in [5.74, 6) is 0.154. The summed E-state index contributed by atoms with van der Waals surface area (Å²) < 4.78 is 5.65. The molecule has 2 aliphatic heterocycles. The Bertz CT molecular complexity index is 256. The number of hydrogen-bond acceptors (Lipinski definition) is 3. The highest BCUT2D eigenvalue weighted by molar-refractivity contribution is 5.76. The first kappa shape index (κ1) is 12.8. The highest BCUT2D eigenvalue weighted by Crippen LogP contribution is 2.23. The summed E-state index contributed by atoms with van der Waals surface area (Å²) >= 11 is 0. The fraction of sp³-hybridized carbons (Fsp3) is 0.923. The zero-order chi connectivity index (χ0) is 12.1. The second-order valence-electron chi connectivity index (χ2n) is 5.53. The highest BCUT2D eigenvalue weighted by atomic mass is 16.5. The molecule has 2 N–H and O–H groups in total. The maximum atomic E-state index is 11.8. The van der Waals surface area contributed by atoms with E-state index >= 15 is 0 Å². The van der Waals surface area contributed by atoms with Crippen LogP contribution in [0.3, 0.4) is 0 Å². The van der Waals surface area contributed by atoms with E-state index < -0.39 is 0 Å². The van der Waals surface area contributed by atoms with Crippen molar-refractivity contribution in [3.63, 3.8) is 0 Å². The van der Waals surface area contributed by atoms with Crippen LogP contribution in [0.25, 0.3) is 0 Å². The standard InChI is InChI=1S/C13H24N2O2/c1-13(6-4-8-17-13)10-15-12(16)9-11-5-2-3-7-14-11/h11,14H,2-10H2,1H3,(H,15,16). The van der Waals surface area contributed by atoms with Crippen LogP contribution in [0.5, 0.6) is 0 Å². The summed E-state index contributed by atoms with van der Waals surface area (Å²) in [6.07, 6.45) is 6.37. The van der Waals surface area contributed by atoms with Crippen LogP contribution in [0.15, 0.2) is 0 Å². The molecule has 0 bridgehead atoms. The molecule has 0 aliphatic carbocycles. The average Bonchev–Trinajstić information content (AvgIpc) is 2.76. The molecule has 0 aromatic rings. The third kappa shape index (κ3) is 3.96. The Hall–Kier alpha value is -0.610. The van der Waals surface area contributed by atoms with E-state index in [4.69, 9.17) is 4.74 Å². The van der Waals surface area contributed by atoms with Gasteiger partial charge in [0.05, 0.1) is 5.60 Å². The number of amides is 1. The fourth-order valence-corrected chi connectivity index (χ4v) is 2.66. The maximum absolute atomic E-state index is 11.8. The third-order valence-electron chi connectivity index (χ3n) is 3.80. The largest absolute Gasteiger partial charge is 0.373 e. The molecular formula is C13H24N2O2. The van der Waals surface area contributed by atoms with Gasteiger partial charge >= 0.3 is 0 Å². The predicted molar refractivity (Wildman–Crippen MR) is 66.9 cm³/mol. The Morgan fingerprint density at radius 3 is 3.00 bits per heavy atom. The van der Waals surface area contributed by atoms with Crippen LogP contribution in [-0.2, 0) is 9.53 Å². The molecule has 1 amide bonds. The van der Waals surface area contributed by atoms with E-state index in [2.05, 4.69) is 17.6 Å². The Morgan fingerprint density at radius 2 is 2.35 bits per heavy atom. The molecule has 4 nitrogen and oxygen atoms in total. The van der Waals surface area contributed by atoms with E-state index in [1.54, 1.807) is 0 Å². The molecule has 2 saturated heterocycles. The van der Waals surface area contributed by atoms with Crippen LogP contribution in [-0.4, -0.2) is 37.2 Å². The number of ether oxygens (including phenoxy) is 1. The van der Waals surface area contributed by atoms with Gasteiger partial charge in [0.2, 0.25) is 5.91 Å². The van der Waals surface area contributed by atoms with E-state index in [9.17, 15) is 4.79 Å². The van der Waals surface area contributed by atoms with Crippen LogP contribution >= 0.6 is 0 Å². The SMILES string of the molecule is CC1(CNC(=O)CC2CCCCN2)CCCO1. The van der Waals surface area contributed by atoms with E-state index in [0.717, 1.165) is 32.4 Å². The van der Waals surface area contributed by atoms with Crippen molar-refractivity contribution < 1.29 is 9.53 Å². The lowest BCUT2D eigenvalue weighted by Gasteiger charge is -2.26. The second-order valence-corrected chi connectivity index (χ2v) is 5.53. The van der Waals surface area contributed by atoms with Gasteiger partial charge in [0.1, 0.15) is 0 Å². The molecule has 98 valence electrons.